The quantitative estimate of drug-likeness (QED) is 0.197. The summed E-state index contributed by atoms with van der Waals surface area (Å²) in [5, 5.41) is 4.55. The fourth-order valence-corrected chi connectivity index (χ4v) is 6.65. The van der Waals surface area contributed by atoms with Crippen LogP contribution in [0.5, 0.6) is 0 Å². The molecule has 3 heteroatoms. The number of furan rings is 1. The van der Waals surface area contributed by atoms with Crippen molar-refractivity contribution in [3.63, 3.8) is 0 Å². The highest BCUT2D eigenvalue weighted by Crippen LogP contribution is 2.41. The van der Waals surface area contributed by atoms with Crippen LogP contribution in [0.1, 0.15) is 0 Å². The molecule has 0 aliphatic rings. The van der Waals surface area contributed by atoms with E-state index in [0.717, 1.165) is 61.1 Å². The van der Waals surface area contributed by atoms with E-state index < -0.39 is 0 Å². The largest absolute Gasteiger partial charge is 0.455 e. The first-order chi connectivity index (χ1) is 23.3. The number of fused-ring (bicyclic) bond motifs is 4. The van der Waals surface area contributed by atoms with Gasteiger partial charge in [-0.2, -0.15) is 0 Å². The summed E-state index contributed by atoms with van der Waals surface area (Å²) in [4.78, 5) is 10.2. The summed E-state index contributed by atoms with van der Waals surface area (Å²) in [7, 11) is 0. The highest BCUT2D eigenvalue weighted by atomic mass is 16.3. The van der Waals surface area contributed by atoms with Crippen molar-refractivity contribution < 1.29 is 4.42 Å². The van der Waals surface area contributed by atoms with Gasteiger partial charge in [-0.3, -0.25) is 0 Å². The van der Waals surface area contributed by atoms with Crippen LogP contribution in [0.25, 0.3) is 88.9 Å². The van der Waals surface area contributed by atoms with Crippen molar-refractivity contribution in [3.8, 4) is 56.2 Å². The van der Waals surface area contributed by atoms with Crippen LogP contribution in [0.2, 0.25) is 0 Å². The molecule has 2 heterocycles. The van der Waals surface area contributed by atoms with Crippen LogP contribution in [-0.4, -0.2) is 9.97 Å². The topological polar surface area (TPSA) is 38.9 Å². The molecule has 0 saturated carbocycles. The lowest BCUT2D eigenvalue weighted by atomic mass is 9.95. The van der Waals surface area contributed by atoms with Gasteiger partial charge in [0.1, 0.15) is 11.2 Å². The molecule has 3 nitrogen and oxygen atoms in total. The summed E-state index contributed by atoms with van der Waals surface area (Å²) in [6.07, 6.45) is 0. The van der Waals surface area contributed by atoms with Crippen molar-refractivity contribution in [2.75, 3.05) is 0 Å². The predicted octanol–water partition coefficient (Wildman–Crippen LogP) is 11.9. The second kappa shape index (κ2) is 11.2. The molecule has 0 atom stereocenters. The van der Waals surface area contributed by atoms with Gasteiger partial charge in [-0.1, -0.05) is 158 Å². The Kier molecular flexibility index (Phi) is 6.46. The lowest BCUT2D eigenvalue weighted by molar-refractivity contribution is 0.670. The van der Waals surface area contributed by atoms with Crippen LogP contribution in [0.15, 0.2) is 174 Å². The molecule has 0 aliphatic heterocycles. The Balaban J connectivity index is 1.19. The molecule has 0 unspecified atom stereocenters. The molecule has 0 saturated heterocycles. The van der Waals surface area contributed by atoms with Gasteiger partial charge in [0.2, 0.25) is 0 Å². The maximum Gasteiger partial charge on any atom is 0.161 e. The number of hydrogen-bond acceptors (Lipinski definition) is 3. The normalized spacial score (nSPS) is 11.4. The van der Waals surface area contributed by atoms with E-state index in [4.69, 9.17) is 14.4 Å². The minimum atomic E-state index is 0.670. The first-order valence-corrected chi connectivity index (χ1v) is 15.8. The van der Waals surface area contributed by atoms with E-state index in [2.05, 4.69) is 121 Å². The first kappa shape index (κ1) is 27.0. The van der Waals surface area contributed by atoms with Gasteiger partial charge in [-0.15, -0.1) is 0 Å². The maximum absolute atomic E-state index is 6.65. The van der Waals surface area contributed by atoms with Crippen molar-refractivity contribution in [1.29, 1.82) is 0 Å². The van der Waals surface area contributed by atoms with Gasteiger partial charge in [0.15, 0.2) is 5.82 Å². The molecule has 0 aliphatic carbocycles. The smallest absolute Gasteiger partial charge is 0.161 e. The lowest BCUT2D eigenvalue weighted by Crippen LogP contribution is -1.96. The molecular weight excluding hydrogens is 572 g/mol. The average Bonchev–Trinajstić information content (AvgIpc) is 3.55. The van der Waals surface area contributed by atoms with E-state index in [0.29, 0.717) is 5.82 Å². The van der Waals surface area contributed by atoms with Gasteiger partial charge in [0.25, 0.3) is 0 Å². The number of benzene rings is 7. The van der Waals surface area contributed by atoms with Crippen molar-refractivity contribution >= 4 is 32.7 Å². The zero-order valence-electron chi connectivity index (χ0n) is 25.5. The van der Waals surface area contributed by atoms with E-state index in [1.165, 1.54) is 21.9 Å². The summed E-state index contributed by atoms with van der Waals surface area (Å²) in [5.41, 5.74) is 11.0. The average molecular weight is 601 g/mol. The maximum atomic E-state index is 6.65. The standard InChI is InChI=1S/C44H28N2O/c1-3-13-32(14-4-1)39-28-40(33-15-5-2-6-16-33)46-44(45-39)38-22-11-23-41-42(38)37-21-10-20-36(43(37)47-41)31-26-24-30(25-27-31)35-19-9-17-29-12-7-8-18-34(29)35/h1-28H. The van der Waals surface area contributed by atoms with E-state index in [9.17, 15) is 0 Å². The van der Waals surface area contributed by atoms with Gasteiger partial charge < -0.3 is 4.42 Å². The first-order valence-electron chi connectivity index (χ1n) is 15.8. The van der Waals surface area contributed by atoms with E-state index >= 15 is 0 Å². The van der Waals surface area contributed by atoms with Gasteiger partial charge in [-0.25, -0.2) is 9.97 Å². The van der Waals surface area contributed by atoms with Crippen LogP contribution in [0.4, 0.5) is 0 Å². The molecule has 0 fully saturated rings. The van der Waals surface area contributed by atoms with Crippen molar-refractivity contribution in [1.82, 2.24) is 9.97 Å². The summed E-state index contributed by atoms with van der Waals surface area (Å²) in [6.45, 7) is 0. The summed E-state index contributed by atoms with van der Waals surface area (Å²) >= 11 is 0. The molecule has 9 aromatic rings. The van der Waals surface area contributed by atoms with Gasteiger partial charge >= 0.3 is 0 Å². The number of rotatable bonds is 5. The molecule has 0 amide bonds. The van der Waals surface area contributed by atoms with Crippen LogP contribution in [-0.2, 0) is 0 Å². The Labute approximate surface area is 272 Å². The Morgan fingerprint density at radius 3 is 1.64 bits per heavy atom. The predicted molar refractivity (Wildman–Crippen MR) is 194 cm³/mol. The van der Waals surface area contributed by atoms with Crippen molar-refractivity contribution in [2.24, 2.45) is 0 Å². The van der Waals surface area contributed by atoms with Gasteiger partial charge in [0, 0.05) is 33.0 Å². The molecule has 7 aromatic carbocycles. The van der Waals surface area contributed by atoms with Gasteiger partial charge in [-0.05, 0) is 39.6 Å². The second-order valence-electron chi connectivity index (χ2n) is 11.8. The number of nitrogens with zero attached hydrogens (tertiary/aromatic N) is 2. The molecule has 0 spiro atoms. The second-order valence-corrected chi connectivity index (χ2v) is 11.8. The highest BCUT2D eigenvalue weighted by Gasteiger charge is 2.19. The molecule has 2 aromatic heterocycles. The Hall–Kier alpha value is -6.32. The zero-order chi connectivity index (χ0) is 31.2. The zero-order valence-corrected chi connectivity index (χ0v) is 25.5. The minimum Gasteiger partial charge on any atom is -0.455 e. The molecule has 9 rings (SSSR count). The molecule has 47 heavy (non-hydrogen) atoms. The minimum absolute atomic E-state index is 0.670. The number of aromatic nitrogens is 2. The van der Waals surface area contributed by atoms with Crippen LogP contribution >= 0.6 is 0 Å². The van der Waals surface area contributed by atoms with Gasteiger partial charge in [0.05, 0.1) is 11.4 Å². The number of hydrogen-bond donors (Lipinski definition) is 0. The van der Waals surface area contributed by atoms with Crippen LogP contribution < -0.4 is 0 Å². The third-order valence-electron chi connectivity index (χ3n) is 8.93. The van der Waals surface area contributed by atoms with Crippen molar-refractivity contribution in [3.05, 3.63) is 170 Å². The SMILES string of the molecule is c1ccc(-c2cc(-c3ccccc3)nc(-c3cccc4oc5c(-c6ccc(-c7cccc8ccccc78)cc6)cccc5c34)n2)cc1. The monoisotopic (exact) mass is 600 g/mol. The number of para-hydroxylation sites is 1. The molecular formula is C44H28N2O. The Morgan fingerprint density at radius 2 is 0.915 bits per heavy atom. The van der Waals surface area contributed by atoms with E-state index in [-0.39, 0.29) is 0 Å². The summed E-state index contributed by atoms with van der Waals surface area (Å²) in [6, 6.07) is 59.0. The lowest BCUT2D eigenvalue weighted by Gasteiger charge is -2.10. The summed E-state index contributed by atoms with van der Waals surface area (Å²) in [5.74, 6) is 0.670. The Morgan fingerprint density at radius 1 is 0.383 bits per heavy atom. The molecule has 0 radical (unpaired) electrons. The Bertz CT molecular complexity index is 2490. The van der Waals surface area contributed by atoms with E-state index in [1.54, 1.807) is 0 Å². The third-order valence-corrected chi connectivity index (χ3v) is 8.93. The third kappa shape index (κ3) is 4.77. The van der Waals surface area contributed by atoms with E-state index in [1.807, 2.05) is 48.5 Å². The fraction of sp³-hybridized carbons (Fsp3) is 0. The highest BCUT2D eigenvalue weighted by molar-refractivity contribution is 6.15. The van der Waals surface area contributed by atoms with Crippen LogP contribution in [0, 0.1) is 0 Å². The van der Waals surface area contributed by atoms with Crippen LogP contribution in [0.3, 0.4) is 0 Å². The fourth-order valence-electron chi connectivity index (χ4n) is 6.65. The molecule has 220 valence electrons. The summed E-state index contributed by atoms with van der Waals surface area (Å²) < 4.78 is 6.65. The van der Waals surface area contributed by atoms with Crippen molar-refractivity contribution in [2.45, 2.75) is 0 Å². The molecule has 0 N–H and O–H groups in total. The molecule has 0 bridgehead atoms.